The van der Waals surface area contributed by atoms with Gasteiger partial charge in [-0.15, -0.1) is 0 Å². The Bertz CT molecular complexity index is 850. The maximum atomic E-state index is 12.9. The molecule has 0 aromatic heterocycles. The van der Waals surface area contributed by atoms with Crippen LogP contribution in [0.25, 0.3) is 0 Å². The van der Waals surface area contributed by atoms with Crippen LogP contribution in [-0.2, 0) is 14.8 Å². The number of amidine groups is 1. The summed E-state index contributed by atoms with van der Waals surface area (Å²) in [6.07, 6.45) is 1.54. The lowest BCUT2D eigenvalue weighted by atomic mass is 9.85. The summed E-state index contributed by atoms with van der Waals surface area (Å²) >= 11 is 0. The fourth-order valence-electron chi connectivity index (χ4n) is 4.66. The first-order valence-electron chi connectivity index (χ1n) is 9.26. The molecule has 2 fully saturated rings. The van der Waals surface area contributed by atoms with Gasteiger partial charge in [-0.1, -0.05) is 44.2 Å². The van der Waals surface area contributed by atoms with E-state index in [0.717, 1.165) is 12.0 Å². The predicted octanol–water partition coefficient (Wildman–Crippen LogP) is 1.63. The highest BCUT2D eigenvalue weighted by Gasteiger charge is 2.60. The molecular formula is C19H25N3O3S. The summed E-state index contributed by atoms with van der Waals surface area (Å²) in [6.45, 7) is 4.75. The number of amides is 1. The van der Waals surface area contributed by atoms with Crippen LogP contribution in [0.4, 0.5) is 0 Å². The number of fused-ring (bicyclic) bond motifs is 2. The van der Waals surface area contributed by atoms with Crippen LogP contribution in [-0.4, -0.2) is 48.8 Å². The van der Waals surface area contributed by atoms with Crippen LogP contribution in [0.1, 0.15) is 32.3 Å². The fourth-order valence-corrected chi connectivity index (χ4v) is 6.52. The van der Waals surface area contributed by atoms with Gasteiger partial charge in [-0.25, -0.2) is 12.7 Å². The maximum Gasteiger partial charge on any atom is 0.253 e. The van der Waals surface area contributed by atoms with Gasteiger partial charge in [0.15, 0.2) is 0 Å². The molecule has 1 aliphatic carbocycles. The van der Waals surface area contributed by atoms with Crippen LogP contribution in [0.5, 0.6) is 0 Å². The van der Waals surface area contributed by atoms with Crippen LogP contribution in [0.15, 0.2) is 35.3 Å². The number of rotatable bonds is 4. The first-order valence-corrected chi connectivity index (χ1v) is 10.9. The third kappa shape index (κ3) is 2.77. The molecule has 140 valence electrons. The number of sulfonamides is 1. The van der Waals surface area contributed by atoms with E-state index in [2.05, 4.69) is 5.32 Å². The van der Waals surface area contributed by atoms with Crippen molar-refractivity contribution in [3.05, 3.63) is 35.9 Å². The second-order valence-corrected chi connectivity index (χ2v) is 10.1. The van der Waals surface area contributed by atoms with Crippen LogP contribution in [0, 0.1) is 17.8 Å². The Labute approximate surface area is 154 Å². The number of hydrogen-bond donors (Lipinski definition) is 1. The molecule has 1 aromatic rings. The van der Waals surface area contributed by atoms with Gasteiger partial charge < -0.3 is 5.32 Å². The number of hydrogen-bond acceptors (Lipinski definition) is 4. The molecule has 0 radical (unpaired) electrons. The molecule has 7 heteroatoms. The quantitative estimate of drug-likeness (QED) is 0.869. The first-order chi connectivity index (χ1) is 12.3. The second kappa shape index (κ2) is 6.16. The minimum atomic E-state index is -3.28. The Kier molecular flexibility index (Phi) is 4.19. The van der Waals surface area contributed by atoms with Crippen molar-refractivity contribution in [2.24, 2.45) is 22.7 Å². The smallest absolute Gasteiger partial charge is 0.253 e. The zero-order valence-electron chi connectivity index (χ0n) is 15.2. The third-order valence-electron chi connectivity index (χ3n) is 5.84. The summed E-state index contributed by atoms with van der Waals surface area (Å²) in [5.41, 5.74) is 0.0845. The molecule has 1 saturated carbocycles. The lowest BCUT2D eigenvalue weighted by Crippen LogP contribution is -2.45. The molecule has 1 N–H and O–H groups in total. The molecule has 2 heterocycles. The van der Waals surface area contributed by atoms with Crippen LogP contribution >= 0.6 is 0 Å². The average Bonchev–Trinajstić information content (AvgIpc) is 3.24. The Morgan fingerprint density at radius 3 is 2.69 bits per heavy atom. The summed E-state index contributed by atoms with van der Waals surface area (Å²) in [5.74, 6) is 0.954. The van der Waals surface area contributed by atoms with Gasteiger partial charge in [-0.05, 0) is 24.7 Å². The molecule has 3 atom stereocenters. The topological polar surface area (TPSA) is 78.8 Å². The molecule has 0 bridgehead atoms. The van der Waals surface area contributed by atoms with Crippen molar-refractivity contribution in [1.29, 1.82) is 0 Å². The van der Waals surface area contributed by atoms with E-state index in [1.807, 2.05) is 44.2 Å². The van der Waals surface area contributed by atoms with Gasteiger partial charge in [0.25, 0.3) is 5.91 Å². The summed E-state index contributed by atoms with van der Waals surface area (Å²) in [4.78, 5) is 17.7. The minimum absolute atomic E-state index is 0.0364. The van der Waals surface area contributed by atoms with Gasteiger partial charge in [-0.3, -0.25) is 9.79 Å². The van der Waals surface area contributed by atoms with Crippen molar-refractivity contribution >= 4 is 21.8 Å². The van der Waals surface area contributed by atoms with E-state index < -0.39 is 15.6 Å². The van der Waals surface area contributed by atoms with Gasteiger partial charge >= 0.3 is 0 Å². The summed E-state index contributed by atoms with van der Waals surface area (Å²) in [6, 6.07) is 9.62. The number of carbonyl (C=O) groups excluding carboxylic acids is 1. The third-order valence-corrected chi connectivity index (χ3v) is 8.01. The van der Waals surface area contributed by atoms with Crippen molar-refractivity contribution in [2.45, 2.75) is 32.2 Å². The molecule has 1 amide bonds. The van der Waals surface area contributed by atoms with Crippen molar-refractivity contribution < 1.29 is 13.2 Å². The zero-order valence-corrected chi connectivity index (χ0v) is 16.0. The molecule has 1 spiro atoms. The zero-order chi connectivity index (χ0) is 18.5. The minimum Gasteiger partial charge on any atom is -0.308 e. The largest absolute Gasteiger partial charge is 0.308 e. The SMILES string of the molecule is CC(C)CS(=O)(=O)N1C[C@@H]2CC[C@]3(N=C(c4ccccc4)NC3=O)[C@@H]2C1. The summed E-state index contributed by atoms with van der Waals surface area (Å²) in [7, 11) is -3.28. The molecule has 4 rings (SSSR count). The summed E-state index contributed by atoms with van der Waals surface area (Å²) in [5, 5.41) is 2.94. The standard InChI is InChI=1S/C19H25N3O3S/c1-13(2)12-26(24,25)22-10-15-8-9-19(16(15)11-22)18(23)20-17(21-19)14-6-4-3-5-7-14/h3-7,13,15-16H,8-12H2,1-2H3,(H,20,21,23)/t15-,16+,19-/m0/s1. The number of nitrogens with zero attached hydrogens (tertiary/aromatic N) is 2. The highest BCUT2D eigenvalue weighted by molar-refractivity contribution is 7.89. The number of carbonyl (C=O) groups is 1. The molecule has 6 nitrogen and oxygen atoms in total. The number of nitrogens with one attached hydrogen (secondary N) is 1. The van der Waals surface area contributed by atoms with E-state index in [0.29, 0.717) is 25.3 Å². The number of benzene rings is 1. The monoisotopic (exact) mass is 375 g/mol. The molecule has 26 heavy (non-hydrogen) atoms. The highest BCUT2D eigenvalue weighted by atomic mass is 32.2. The molecule has 3 aliphatic rings. The van der Waals surface area contributed by atoms with Crippen LogP contribution < -0.4 is 5.32 Å². The fraction of sp³-hybridized carbons (Fsp3) is 0.579. The lowest BCUT2D eigenvalue weighted by Gasteiger charge is -2.25. The van der Waals surface area contributed by atoms with Gasteiger partial charge in [0.1, 0.15) is 11.4 Å². The summed E-state index contributed by atoms with van der Waals surface area (Å²) < 4.78 is 26.9. The molecule has 1 saturated heterocycles. The van der Waals surface area contributed by atoms with Gasteiger partial charge in [0.2, 0.25) is 10.0 Å². The van der Waals surface area contributed by atoms with Crippen LogP contribution in [0.3, 0.4) is 0 Å². The Balaban J connectivity index is 1.61. The van der Waals surface area contributed by atoms with E-state index >= 15 is 0 Å². The molecular weight excluding hydrogens is 350 g/mol. The van der Waals surface area contributed by atoms with Crippen molar-refractivity contribution in [2.75, 3.05) is 18.8 Å². The number of aliphatic imine (C=N–C) groups is 1. The molecule has 1 aromatic carbocycles. The lowest BCUT2D eigenvalue weighted by molar-refractivity contribution is -0.124. The predicted molar refractivity (Wildman–Crippen MR) is 100 cm³/mol. The first kappa shape index (κ1) is 17.7. The maximum absolute atomic E-state index is 12.9. The highest BCUT2D eigenvalue weighted by Crippen LogP contribution is 2.49. The second-order valence-electron chi connectivity index (χ2n) is 8.10. The van der Waals surface area contributed by atoms with E-state index in [1.54, 1.807) is 4.31 Å². The van der Waals surface area contributed by atoms with Crippen LogP contribution in [0.2, 0.25) is 0 Å². The normalized spacial score (nSPS) is 31.5. The van der Waals surface area contributed by atoms with Crippen molar-refractivity contribution in [3.8, 4) is 0 Å². The Morgan fingerprint density at radius 2 is 2.00 bits per heavy atom. The average molecular weight is 375 g/mol. The van der Waals surface area contributed by atoms with Gasteiger partial charge in [-0.2, -0.15) is 0 Å². The molecule has 2 aliphatic heterocycles. The van der Waals surface area contributed by atoms with E-state index in [1.165, 1.54) is 0 Å². The molecule has 0 unspecified atom stereocenters. The van der Waals surface area contributed by atoms with Gasteiger partial charge in [0, 0.05) is 24.6 Å². The van der Waals surface area contributed by atoms with E-state index in [-0.39, 0.29) is 29.4 Å². The van der Waals surface area contributed by atoms with E-state index in [4.69, 9.17) is 4.99 Å². The Hall–Kier alpha value is -1.73. The Morgan fingerprint density at radius 1 is 1.27 bits per heavy atom. The van der Waals surface area contributed by atoms with Gasteiger partial charge in [0.05, 0.1) is 5.75 Å². The van der Waals surface area contributed by atoms with Crippen molar-refractivity contribution in [3.63, 3.8) is 0 Å². The van der Waals surface area contributed by atoms with E-state index in [9.17, 15) is 13.2 Å². The van der Waals surface area contributed by atoms with Crippen molar-refractivity contribution in [1.82, 2.24) is 9.62 Å².